The number of aryl methyl sites for hydroxylation is 1. The second-order valence-corrected chi connectivity index (χ2v) is 7.55. The molecule has 2 aromatic carbocycles. The fourth-order valence-corrected chi connectivity index (χ4v) is 3.87. The lowest BCUT2D eigenvalue weighted by molar-refractivity contribution is 0.0656. The van der Waals surface area contributed by atoms with Gasteiger partial charge < -0.3 is 15.3 Å². The topological polar surface area (TPSA) is 72.9 Å². The average molecular weight is 381 g/mol. The van der Waals surface area contributed by atoms with Crippen molar-refractivity contribution in [2.24, 2.45) is 0 Å². The number of para-hydroxylation sites is 1. The second-order valence-electron chi connectivity index (χ2n) is 7.55. The van der Waals surface area contributed by atoms with Crippen LogP contribution in [0.3, 0.4) is 0 Å². The number of anilines is 1. The lowest BCUT2D eigenvalue weighted by Gasteiger charge is -2.44. The van der Waals surface area contributed by atoms with E-state index in [0.717, 1.165) is 36.4 Å². The molecule has 0 bridgehead atoms. The Balaban J connectivity index is 1.62. The van der Waals surface area contributed by atoms with Crippen molar-refractivity contribution in [2.45, 2.75) is 39.4 Å². The van der Waals surface area contributed by atoms with Crippen molar-refractivity contribution in [2.75, 3.05) is 18.4 Å². The molecule has 2 N–H and O–H groups in total. The van der Waals surface area contributed by atoms with Gasteiger partial charge in [-0.25, -0.2) is 9.59 Å². The molecule has 0 unspecified atom stereocenters. The molecule has 3 rings (SSSR count). The van der Waals surface area contributed by atoms with E-state index in [2.05, 4.69) is 24.1 Å². The first kappa shape index (κ1) is 19.9. The van der Waals surface area contributed by atoms with E-state index in [4.69, 9.17) is 5.11 Å². The summed E-state index contributed by atoms with van der Waals surface area (Å²) in [4.78, 5) is 28.1. The quantitative estimate of drug-likeness (QED) is 0.844. The number of urea groups is 1. The smallest absolute Gasteiger partial charge is 0.335 e. The van der Waals surface area contributed by atoms with Crippen LogP contribution in [-0.2, 0) is 6.54 Å². The molecule has 0 aliphatic carbocycles. The predicted octanol–water partition coefficient (Wildman–Crippen LogP) is 3.82. The summed E-state index contributed by atoms with van der Waals surface area (Å²) in [5.74, 6) is -0.915. The number of benzene rings is 2. The van der Waals surface area contributed by atoms with Crippen LogP contribution in [0.1, 0.15) is 35.3 Å². The van der Waals surface area contributed by atoms with Crippen LogP contribution in [0, 0.1) is 6.92 Å². The van der Waals surface area contributed by atoms with E-state index in [1.165, 1.54) is 0 Å². The second kappa shape index (κ2) is 8.44. The number of carboxylic acid groups (broad SMARTS) is 1. The number of piperazine rings is 1. The zero-order valence-electron chi connectivity index (χ0n) is 16.6. The van der Waals surface area contributed by atoms with E-state index in [-0.39, 0.29) is 18.1 Å². The van der Waals surface area contributed by atoms with Crippen LogP contribution in [0.15, 0.2) is 48.5 Å². The largest absolute Gasteiger partial charge is 0.478 e. The van der Waals surface area contributed by atoms with Crippen LogP contribution < -0.4 is 5.32 Å². The minimum Gasteiger partial charge on any atom is -0.478 e. The Labute approximate surface area is 165 Å². The molecule has 1 aliphatic rings. The number of aromatic carboxylic acids is 1. The Hall–Kier alpha value is -2.86. The molecule has 148 valence electrons. The highest BCUT2D eigenvalue weighted by Gasteiger charge is 2.33. The fraction of sp³-hybridized carbons (Fsp3) is 0.364. The van der Waals surface area contributed by atoms with Crippen molar-refractivity contribution in [1.29, 1.82) is 0 Å². The molecule has 0 radical (unpaired) electrons. The Morgan fingerprint density at radius 2 is 1.64 bits per heavy atom. The molecule has 0 aromatic heterocycles. The Bertz CT molecular complexity index is 838. The number of carbonyl (C=O) groups excluding carboxylic acids is 1. The van der Waals surface area contributed by atoms with Crippen LogP contribution in [0.5, 0.6) is 0 Å². The van der Waals surface area contributed by atoms with Gasteiger partial charge in [0.05, 0.1) is 5.56 Å². The molecule has 1 saturated heterocycles. The van der Waals surface area contributed by atoms with Crippen molar-refractivity contribution in [3.8, 4) is 0 Å². The summed E-state index contributed by atoms with van der Waals surface area (Å²) in [6.07, 6.45) is 0. The van der Waals surface area contributed by atoms with Gasteiger partial charge in [-0.05, 0) is 50.1 Å². The van der Waals surface area contributed by atoms with Gasteiger partial charge in [0.15, 0.2) is 0 Å². The zero-order valence-corrected chi connectivity index (χ0v) is 16.6. The van der Waals surface area contributed by atoms with Gasteiger partial charge in [0.2, 0.25) is 0 Å². The van der Waals surface area contributed by atoms with Crippen molar-refractivity contribution in [3.63, 3.8) is 0 Å². The van der Waals surface area contributed by atoms with Crippen molar-refractivity contribution in [3.05, 3.63) is 65.2 Å². The minimum atomic E-state index is -0.915. The van der Waals surface area contributed by atoms with Crippen LogP contribution in [0.2, 0.25) is 0 Å². The number of carboxylic acids is 1. The molecule has 1 heterocycles. The molecule has 0 saturated carbocycles. The van der Waals surface area contributed by atoms with Gasteiger partial charge >= 0.3 is 12.0 Å². The zero-order chi connectivity index (χ0) is 20.3. The predicted molar refractivity (Wildman–Crippen MR) is 110 cm³/mol. The van der Waals surface area contributed by atoms with E-state index in [0.29, 0.717) is 5.56 Å². The molecule has 1 fully saturated rings. The van der Waals surface area contributed by atoms with E-state index in [1.54, 1.807) is 12.1 Å². The highest BCUT2D eigenvalue weighted by atomic mass is 16.4. The molecule has 28 heavy (non-hydrogen) atoms. The van der Waals surface area contributed by atoms with Gasteiger partial charge in [-0.1, -0.05) is 30.3 Å². The number of rotatable bonds is 4. The van der Waals surface area contributed by atoms with Crippen LogP contribution in [0.25, 0.3) is 0 Å². The summed E-state index contributed by atoms with van der Waals surface area (Å²) in [6, 6.07) is 14.8. The number of nitrogens with zero attached hydrogens (tertiary/aromatic N) is 2. The summed E-state index contributed by atoms with van der Waals surface area (Å²) in [6.45, 7) is 8.39. The molecule has 0 spiro atoms. The highest BCUT2D eigenvalue weighted by molar-refractivity contribution is 5.90. The van der Waals surface area contributed by atoms with Gasteiger partial charge in [0.25, 0.3) is 0 Å². The number of carbonyl (C=O) groups is 2. The lowest BCUT2D eigenvalue weighted by Crippen LogP contribution is -2.59. The molecular weight excluding hydrogens is 354 g/mol. The number of hydrogen-bond acceptors (Lipinski definition) is 3. The monoisotopic (exact) mass is 381 g/mol. The van der Waals surface area contributed by atoms with Gasteiger partial charge in [-0.15, -0.1) is 0 Å². The van der Waals surface area contributed by atoms with Gasteiger partial charge in [-0.2, -0.15) is 0 Å². The first-order valence-corrected chi connectivity index (χ1v) is 9.54. The Morgan fingerprint density at radius 3 is 2.21 bits per heavy atom. The average Bonchev–Trinajstić information content (AvgIpc) is 2.63. The number of hydrogen-bond donors (Lipinski definition) is 2. The standard InChI is InChI=1S/C22H27N3O3/c1-15-6-4-5-7-20(15)23-22(28)25-16(2)12-24(13-17(25)3)14-18-8-10-19(11-9-18)21(26)27/h4-11,16-17H,12-14H2,1-3H3,(H,23,28)(H,26,27)/t16-,17+. The van der Waals surface area contributed by atoms with Gasteiger partial charge in [-0.3, -0.25) is 4.90 Å². The molecule has 2 atom stereocenters. The first-order valence-electron chi connectivity index (χ1n) is 9.54. The molecule has 6 heteroatoms. The summed E-state index contributed by atoms with van der Waals surface area (Å²) >= 11 is 0. The first-order chi connectivity index (χ1) is 13.3. The molecule has 2 amide bonds. The summed E-state index contributed by atoms with van der Waals surface area (Å²) < 4.78 is 0. The molecule has 6 nitrogen and oxygen atoms in total. The van der Waals surface area contributed by atoms with E-state index >= 15 is 0 Å². The Kier molecular flexibility index (Phi) is 5.99. The third-order valence-corrected chi connectivity index (χ3v) is 5.22. The van der Waals surface area contributed by atoms with E-state index < -0.39 is 5.97 Å². The number of amides is 2. The van der Waals surface area contributed by atoms with Crippen molar-refractivity contribution < 1.29 is 14.7 Å². The minimum absolute atomic E-state index is 0.0697. The fourth-order valence-electron chi connectivity index (χ4n) is 3.87. The van der Waals surface area contributed by atoms with Crippen LogP contribution in [0.4, 0.5) is 10.5 Å². The number of nitrogens with one attached hydrogen (secondary N) is 1. The normalized spacial score (nSPS) is 20.0. The summed E-state index contributed by atoms with van der Waals surface area (Å²) in [5.41, 5.74) is 3.25. The maximum absolute atomic E-state index is 12.8. The third kappa shape index (κ3) is 4.51. The SMILES string of the molecule is Cc1ccccc1NC(=O)N1[C@H](C)CN(Cc2ccc(C(=O)O)cc2)C[C@@H]1C. The molecular formula is C22H27N3O3. The van der Waals surface area contributed by atoms with Crippen LogP contribution in [-0.4, -0.2) is 52.1 Å². The van der Waals surface area contributed by atoms with Crippen molar-refractivity contribution in [1.82, 2.24) is 9.80 Å². The van der Waals surface area contributed by atoms with Crippen molar-refractivity contribution >= 4 is 17.7 Å². The molecule has 1 aliphatic heterocycles. The van der Waals surface area contributed by atoms with E-state index in [9.17, 15) is 9.59 Å². The molecule has 2 aromatic rings. The van der Waals surface area contributed by atoms with Gasteiger partial charge in [0.1, 0.15) is 0 Å². The summed E-state index contributed by atoms with van der Waals surface area (Å²) in [5, 5.41) is 12.1. The van der Waals surface area contributed by atoms with E-state index in [1.807, 2.05) is 48.2 Å². The Morgan fingerprint density at radius 1 is 1.04 bits per heavy atom. The van der Waals surface area contributed by atoms with Gasteiger partial charge in [0, 0.05) is 37.4 Å². The highest BCUT2D eigenvalue weighted by Crippen LogP contribution is 2.21. The third-order valence-electron chi connectivity index (χ3n) is 5.22. The summed E-state index contributed by atoms with van der Waals surface area (Å²) in [7, 11) is 0. The van der Waals surface area contributed by atoms with Crippen LogP contribution >= 0.6 is 0 Å². The maximum atomic E-state index is 12.8. The maximum Gasteiger partial charge on any atom is 0.335 e. The lowest BCUT2D eigenvalue weighted by atomic mass is 10.1.